The Morgan fingerprint density at radius 2 is 1.48 bits per heavy atom. The van der Waals surface area contributed by atoms with Crippen molar-refractivity contribution < 1.29 is 19.9 Å². The quantitative estimate of drug-likeness (QED) is 0.0809. The summed E-state index contributed by atoms with van der Waals surface area (Å²) in [6, 6.07) is 0. The fraction of sp³-hybridized carbons (Fsp3) is 0.840. The van der Waals surface area contributed by atoms with E-state index >= 15 is 0 Å². The molecule has 0 radical (unpaired) electrons. The Hall–Kier alpha value is -0.680. The summed E-state index contributed by atoms with van der Waals surface area (Å²) in [7, 11) is 1.41. The molecular weight excluding hydrogens is 364 g/mol. The molecule has 0 aromatic carbocycles. The Balaban J connectivity index is 3.78. The maximum atomic E-state index is 8.89. The van der Waals surface area contributed by atoms with E-state index in [4.69, 9.17) is 10.1 Å². The highest BCUT2D eigenvalue weighted by Crippen LogP contribution is 2.21. The Morgan fingerprint density at radius 3 is 2.07 bits per heavy atom. The van der Waals surface area contributed by atoms with Gasteiger partial charge >= 0.3 is 0 Å². The topological polar surface area (TPSA) is 47.9 Å². The molecular formula is C25H48O4. The van der Waals surface area contributed by atoms with Crippen molar-refractivity contribution in [1.29, 1.82) is 0 Å². The summed E-state index contributed by atoms with van der Waals surface area (Å²) in [6.07, 6.45) is 17.2. The van der Waals surface area contributed by atoms with Gasteiger partial charge in [0.2, 0.25) is 5.79 Å². The molecule has 2 atom stereocenters. The third-order valence-electron chi connectivity index (χ3n) is 5.93. The molecule has 0 amide bonds. The highest BCUT2D eigenvalue weighted by atomic mass is 17.3. The average Bonchev–Trinajstić information content (AvgIpc) is 2.68. The lowest BCUT2D eigenvalue weighted by atomic mass is 9.91. The van der Waals surface area contributed by atoms with Gasteiger partial charge < -0.3 is 0 Å². The summed E-state index contributed by atoms with van der Waals surface area (Å²) >= 11 is 0. The SMILES string of the molecule is COOC(C)(CCCCCC/C=C(\C)CCC/C=C(\C)CCC(C)C(C)C)OO. The molecule has 172 valence electrons. The van der Waals surface area contributed by atoms with Crippen molar-refractivity contribution in [1.82, 2.24) is 0 Å². The standard InChI is InChI=1S/C25H48O4/c1-21(2)24(5)19-18-23(4)17-13-12-16-22(3)15-11-9-8-10-14-20-25(6,28-26)29-27-7/h15,17,21,24,26H,8-14,16,18-20H2,1-7H3/b22-15+,23-17+. The molecule has 0 heterocycles. The second-order valence-electron chi connectivity index (χ2n) is 9.18. The average molecular weight is 413 g/mol. The van der Waals surface area contributed by atoms with E-state index in [9.17, 15) is 0 Å². The van der Waals surface area contributed by atoms with Gasteiger partial charge in [0, 0.05) is 6.42 Å². The van der Waals surface area contributed by atoms with Crippen molar-refractivity contribution in [3.05, 3.63) is 23.3 Å². The van der Waals surface area contributed by atoms with Gasteiger partial charge in [-0.05, 0) is 84.0 Å². The van der Waals surface area contributed by atoms with E-state index < -0.39 is 5.79 Å². The van der Waals surface area contributed by atoms with Crippen LogP contribution in [0.3, 0.4) is 0 Å². The summed E-state index contributed by atoms with van der Waals surface area (Å²) in [4.78, 5) is 13.9. The van der Waals surface area contributed by atoms with E-state index in [2.05, 4.69) is 56.5 Å². The maximum Gasteiger partial charge on any atom is 0.230 e. The maximum absolute atomic E-state index is 8.89. The normalized spacial score (nSPS) is 16.3. The van der Waals surface area contributed by atoms with E-state index in [1.807, 2.05) is 0 Å². The molecule has 2 unspecified atom stereocenters. The van der Waals surface area contributed by atoms with E-state index in [0.717, 1.165) is 31.1 Å². The summed E-state index contributed by atoms with van der Waals surface area (Å²) in [5, 5.41) is 8.89. The molecule has 0 aliphatic rings. The van der Waals surface area contributed by atoms with Crippen molar-refractivity contribution in [3.8, 4) is 0 Å². The largest absolute Gasteiger partial charge is 0.249 e. The molecule has 0 spiro atoms. The molecule has 0 bridgehead atoms. The molecule has 29 heavy (non-hydrogen) atoms. The predicted octanol–water partition coefficient (Wildman–Crippen LogP) is 8.25. The number of unbranched alkanes of at least 4 members (excludes halogenated alkanes) is 5. The zero-order valence-electron chi connectivity index (χ0n) is 20.3. The van der Waals surface area contributed by atoms with Crippen LogP contribution in [0.2, 0.25) is 0 Å². The second-order valence-corrected chi connectivity index (χ2v) is 9.18. The van der Waals surface area contributed by atoms with Crippen LogP contribution in [-0.2, 0) is 14.7 Å². The Bertz CT molecular complexity index is 456. The molecule has 0 aromatic heterocycles. The van der Waals surface area contributed by atoms with Gasteiger partial charge in [0.15, 0.2) is 0 Å². The lowest BCUT2D eigenvalue weighted by Gasteiger charge is -2.23. The van der Waals surface area contributed by atoms with Crippen LogP contribution in [0.15, 0.2) is 23.3 Å². The minimum atomic E-state index is -1.06. The van der Waals surface area contributed by atoms with Crippen molar-refractivity contribution in [2.45, 2.75) is 118 Å². The smallest absolute Gasteiger partial charge is 0.230 e. The second kappa shape index (κ2) is 17.0. The lowest BCUT2D eigenvalue weighted by Crippen LogP contribution is -2.30. The van der Waals surface area contributed by atoms with Gasteiger partial charge in [-0.2, -0.15) is 4.89 Å². The first-order chi connectivity index (χ1) is 13.7. The molecule has 0 rings (SSSR count). The molecule has 0 aliphatic heterocycles. The number of rotatable bonds is 18. The van der Waals surface area contributed by atoms with Crippen LogP contribution in [0.1, 0.15) is 112 Å². The Labute approximate surface area is 180 Å². The van der Waals surface area contributed by atoms with Gasteiger partial charge in [0.25, 0.3) is 0 Å². The Kier molecular flexibility index (Phi) is 16.6. The van der Waals surface area contributed by atoms with E-state index in [1.54, 1.807) is 12.5 Å². The third-order valence-corrected chi connectivity index (χ3v) is 5.93. The van der Waals surface area contributed by atoms with Crippen LogP contribution in [0.5, 0.6) is 0 Å². The van der Waals surface area contributed by atoms with Crippen LogP contribution in [-0.4, -0.2) is 18.2 Å². The monoisotopic (exact) mass is 412 g/mol. The number of hydrogen-bond donors (Lipinski definition) is 1. The predicted molar refractivity (Wildman–Crippen MR) is 123 cm³/mol. The van der Waals surface area contributed by atoms with Crippen molar-refractivity contribution in [3.63, 3.8) is 0 Å². The first-order valence-corrected chi connectivity index (χ1v) is 11.6. The van der Waals surface area contributed by atoms with Crippen molar-refractivity contribution >= 4 is 0 Å². The van der Waals surface area contributed by atoms with E-state index in [0.29, 0.717) is 6.42 Å². The molecule has 4 heteroatoms. The van der Waals surface area contributed by atoms with Crippen molar-refractivity contribution in [2.75, 3.05) is 7.11 Å². The lowest BCUT2D eigenvalue weighted by molar-refractivity contribution is -0.489. The molecule has 0 fully saturated rings. The first-order valence-electron chi connectivity index (χ1n) is 11.6. The number of allylic oxidation sites excluding steroid dienone is 4. The van der Waals surface area contributed by atoms with Gasteiger partial charge in [-0.25, -0.2) is 15.0 Å². The van der Waals surface area contributed by atoms with Gasteiger partial charge in [0.1, 0.15) is 0 Å². The van der Waals surface area contributed by atoms with Crippen LogP contribution >= 0.6 is 0 Å². The van der Waals surface area contributed by atoms with Crippen LogP contribution in [0.25, 0.3) is 0 Å². The minimum Gasteiger partial charge on any atom is -0.249 e. The van der Waals surface area contributed by atoms with Crippen LogP contribution in [0, 0.1) is 11.8 Å². The zero-order valence-corrected chi connectivity index (χ0v) is 20.3. The first kappa shape index (κ1) is 28.3. The van der Waals surface area contributed by atoms with Crippen molar-refractivity contribution in [2.24, 2.45) is 11.8 Å². The van der Waals surface area contributed by atoms with Gasteiger partial charge in [0.05, 0.1) is 7.11 Å². The highest BCUT2D eigenvalue weighted by molar-refractivity contribution is 5.01. The van der Waals surface area contributed by atoms with Gasteiger partial charge in [-0.15, -0.1) is 0 Å². The number of hydrogen-bond acceptors (Lipinski definition) is 4. The zero-order chi connectivity index (χ0) is 22.1. The van der Waals surface area contributed by atoms with Crippen LogP contribution < -0.4 is 0 Å². The third kappa shape index (κ3) is 15.8. The summed E-state index contributed by atoms with van der Waals surface area (Å²) in [5.41, 5.74) is 3.07. The molecule has 0 saturated heterocycles. The van der Waals surface area contributed by atoms with Gasteiger partial charge in [-0.1, -0.05) is 56.9 Å². The minimum absolute atomic E-state index is 0.607. The molecule has 1 N–H and O–H groups in total. The molecule has 0 aliphatic carbocycles. The molecule has 4 nitrogen and oxygen atoms in total. The Morgan fingerprint density at radius 1 is 0.897 bits per heavy atom. The van der Waals surface area contributed by atoms with E-state index in [1.165, 1.54) is 57.6 Å². The summed E-state index contributed by atoms with van der Waals surface area (Å²) in [5.74, 6) is 0.537. The molecule has 0 aromatic rings. The fourth-order valence-corrected chi connectivity index (χ4v) is 3.29. The van der Waals surface area contributed by atoms with Crippen LogP contribution in [0.4, 0.5) is 0 Å². The van der Waals surface area contributed by atoms with Gasteiger partial charge in [-0.3, -0.25) is 0 Å². The summed E-state index contributed by atoms with van der Waals surface area (Å²) in [6.45, 7) is 13.2. The van der Waals surface area contributed by atoms with E-state index in [-0.39, 0.29) is 0 Å². The molecule has 0 saturated carbocycles. The fourth-order valence-electron chi connectivity index (χ4n) is 3.29. The summed E-state index contributed by atoms with van der Waals surface area (Å²) < 4.78 is 0. The highest BCUT2D eigenvalue weighted by Gasteiger charge is 2.27.